The van der Waals surface area contributed by atoms with Gasteiger partial charge in [0.05, 0.1) is 30.7 Å². The number of rotatable bonds is 8. The molecule has 0 fully saturated rings. The van der Waals surface area contributed by atoms with E-state index in [0.717, 1.165) is 17.3 Å². The Balaban J connectivity index is 1.61. The lowest BCUT2D eigenvalue weighted by Gasteiger charge is -2.07. The molecule has 1 amide bonds. The Morgan fingerprint density at radius 3 is 2.45 bits per heavy atom. The van der Waals surface area contributed by atoms with Crippen LogP contribution in [0, 0.1) is 0 Å². The summed E-state index contributed by atoms with van der Waals surface area (Å²) >= 11 is 1.12. The Hall–Kier alpha value is -3.59. The summed E-state index contributed by atoms with van der Waals surface area (Å²) in [7, 11) is 1.58. The monoisotopic (exact) mass is 439 g/mol. The maximum Gasteiger partial charge on any atom is 0.338 e. The van der Waals surface area contributed by atoms with Crippen molar-refractivity contribution < 1.29 is 19.1 Å². The molecule has 8 nitrogen and oxygen atoms in total. The Bertz CT molecular complexity index is 1110. The Morgan fingerprint density at radius 2 is 1.81 bits per heavy atom. The summed E-state index contributed by atoms with van der Waals surface area (Å²) in [6.45, 7) is 2.03. The third-order valence-corrected chi connectivity index (χ3v) is 5.00. The fraction of sp³-hybridized carbons (Fsp3) is 0.182. The van der Waals surface area contributed by atoms with Crippen molar-refractivity contribution in [3.63, 3.8) is 0 Å². The first-order valence-corrected chi connectivity index (χ1v) is 10.4. The number of hydrogen-bond acceptors (Lipinski definition) is 7. The van der Waals surface area contributed by atoms with Gasteiger partial charge >= 0.3 is 5.97 Å². The van der Waals surface area contributed by atoms with Gasteiger partial charge in [-0.25, -0.2) is 9.78 Å². The summed E-state index contributed by atoms with van der Waals surface area (Å²) < 4.78 is 10.1. The van der Waals surface area contributed by atoms with Crippen molar-refractivity contribution in [1.29, 1.82) is 0 Å². The van der Waals surface area contributed by atoms with Gasteiger partial charge in [-0.2, -0.15) is 0 Å². The van der Waals surface area contributed by atoms with Gasteiger partial charge in [0.25, 0.3) is 5.56 Å². The predicted octanol–water partition coefficient (Wildman–Crippen LogP) is 3.35. The highest BCUT2D eigenvalue weighted by molar-refractivity contribution is 7.99. The van der Waals surface area contributed by atoms with Gasteiger partial charge in [-0.05, 0) is 55.5 Å². The lowest BCUT2D eigenvalue weighted by Crippen LogP contribution is -2.15. The minimum absolute atomic E-state index is 0.0502. The van der Waals surface area contributed by atoms with E-state index in [0.29, 0.717) is 34.5 Å². The predicted molar refractivity (Wildman–Crippen MR) is 119 cm³/mol. The highest BCUT2D eigenvalue weighted by Crippen LogP contribution is 2.22. The highest BCUT2D eigenvalue weighted by Gasteiger charge is 2.10. The molecule has 3 rings (SSSR count). The van der Waals surface area contributed by atoms with Crippen LogP contribution < -0.4 is 15.6 Å². The van der Waals surface area contributed by atoms with Crippen LogP contribution in [0.2, 0.25) is 0 Å². The van der Waals surface area contributed by atoms with E-state index in [4.69, 9.17) is 9.47 Å². The second-order valence-electron chi connectivity index (χ2n) is 6.30. The molecule has 0 bridgehead atoms. The first-order chi connectivity index (χ1) is 15.0. The van der Waals surface area contributed by atoms with E-state index in [1.54, 1.807) is 50.4 Å². The molecule has 31 heavy (non-hydrogen) atoms. The van der Waals surface area contributed by atoms with Crippen molar-refractivity contribution in [2.45, 2.75) is 12.1 Å². The molecular formula is C22H21N3O5S. The number of nitrogens with zero attached hydrogens (tertiary/aromatic N) is 1. The zero-order valence-electron chi connectivity index (χ0n) is 17.0. The fourth-order valence-corrected chi connectivity index (χ4v) is 3.32. The molecule has 0 aliphatic heterocycles. The summed E-state index contributed by atoms with van der Waals surface area (Å²) in [5, 5.41) is 3.08. The van der Waals surface area contributed by atoms with Crippen LogP contribution in [0.1, 0.15) is 17.3 Å². The molecule has 160 valence electrons. The number of nitrogens with one attached hydrogen (secondary N) is 2. The number of esters is 1. The number of aromatic nitrogens is 2. The molecule has 2 aromatic carbocycles. The second kappa shape index (κ2) is 10.4. The van der Waals surface area contributed by atoms with Gasteiger partial charge in [0.2, 0.25) is 5.91 Å². The number of carbonyl (C=O) groups excluding carboxylic acids is 2. The zero-order chi connectivity index (χ0) is 22.2. The van der Waals surface area contributed by atoms with Crippen LogP contribution in [0.3, 0.4) is 0 Å². The van der Waals surface area contributed by atoms with Crippen molar-refractivity contribution in [3.05, 3.63) is 70.5 Å². The molecule has 0 atom stereocenters. The largest absolute Gasteiger partial charge is 0.497 e. The number of H-pyrrole nitrogens is 1. The molecule has 1 heterocycles. The summed E-state index contributed by atoms with van der Waals surface area (Å²) in [5.41, 5.74) is 1.92. The standard InChI is InChI=1S/C22H21N3O5S/c1-3-30-21(28)15-4-8-16(9-5-15)23-20(27)13-31-22-24-18(12-19(26)25-22)14-6-10-17(29-2)11-7-14/h4-12H,3,13H2,1-2H3,(H,23,27)(H,24,25,26). The molecule has 0 saturated heterocycles. The van der Waals surface area contributed by atoms with Crippen molar-refractivity contribution in [3.8, 4) is 17.0 Å². The molecule has 0 aliphatic rings. The lowest BCUT2D eigenvalue weighted by atomic mass is 10.1. The van der Waals surface area contributed by atoms with Gasteiger partial charge in [0.1, 0.15) is 5.75 Å². The van der Waals surface area contributed by atoms with Crippen LogP contribution in [0.4, 0.5) is 5.69 Å². The highest BCUT2D eigenvalue weighted by atomic mass is 32.2. The SMILES string of the molecule is CCOC(=O)c1ccc(NC(=O)CSc2nc(-c3ccc(OC)cc3)cc(=O)[nH]2)cc1. The first-order valence-electron chi connectivity index (χ1n) is 9.44. The summed E-state index contributed by atoms with van der Waals surface area (Å²) in [6, 6.07) is 15.0. The number of methoxy groups -OCH3 is 1. The van der Waals surface area contributed by atoms with Crippen molar-refractivity contribution in [2.75, 3.05) is 24.8 Å². The topological polar surface area (TPSA) is 110 Å². The van der Waals surface area contributed by atoms with E-state index in [1.165, 1.54) is 6.07 Å². The van der Waals surface area contributed by atoms with Crippen LogP contribution in [0.15, 0.2) is 64.5 Å². The Morgan fingerprint density at radius 1 is 1.10 bits per heavy atom. The second-order valence-corrected chi connectivity index (χ2v) is 7.26. The molecule has 0 spiro atoms. The number of carbonyl (C=O) groups is 2. The van der Waals surface area contributed by atoms with Gasteiger partial charge < -0.3 is 19.8 Å². The van der Waals surface area contributed by atoms with Gasteiger partial charge in [-0.1, -0.05) is 11.8 Å². The van der Waals surface area contributed by atoms with Gasteiger partial charge in [0, 0.05) is 17.3 Å². The van der Waals surface area contributed by atoms with Crippen LogP contribution >= 0.6 is 11.8 Å². The molecule has 0 saturated carbocycles. The van der Waals surface area contributed by atoms with Crippen LogP contribution in [-0.4, -0.2) is 41.3 Å². The fourth-order valence-electron chi connectivity index (χ4n) is 2.65. The number of hydrogen-bond donors (Lipinski definition) is 2. The normalized spacial score (nSPS) is 10.4. The summed E-state index contributed by atoms with van der Waals surface area (Å²) in [4.78, 5) is 43.0. The molecule has 3 aromatic rings. The number of amides is 1. The molecule has 0 aliphatic carbocycles. The number of benzene rings is 2. The maximum absolute atomic E-state index is 12.3. The van der Waals surface area contributed by atoms with Crippen LogP contribution in [0.25, 0.3) is 11.3 Å². The lowest BCUT2D eigenvalue weighted by molar-refractivity contribution is -0.113. The van der Waals surface area contributed by atoms with Crippen LogP contribution in [0.5, 0.6) is 5.75 Å². The molecule has 1 aromatic heterocycles. The number of aromatic amines is 1. The van der Waals surface area contributed by atoms with Crippen molar-refractivity contribution >= 4 is 29.3 Å². The van der Waals surface area contributed by atoms with E-state index in [9.17, 15) is 14.4 Å². The molecular weight excluding hydrogens is 418 g/mol. The maximum atomic E-state index is 12.3. The van der Waals surface area contributed by atoms with E-state index < -0.39 is 5.97 Å². The minimum atomic E-state index is -0.414. The first kappa shape index (κ1) is 22.1. The third kappa shape index (κ3) is 6.19. The average molecular weight is 439 g/mol. The Labute approximate surface area is 183 Å². The molecule has 2 N–H and O–H groups in total. The number of ether oxygens (including phenoxy) is 2. The van der Waals surface area contributed by atoms with Crippen molar-refractivity contribution in [1.82, 2.24) is 9.97 Å². The number of anilines is 1. The minimum Gasteiger partial charge on any atom is -0.497 e. The summed E-state index contributed by atoms with van der Waals surface area (Å²) in [5.74, 6) is 0.0680. The van der Waals surface area contributed by atoms with Crippen LogP contribution in [-0.2, 0) is 9.53 Å². The van der Waals surface area contributed by atoms with E-state index in [2.05, 4.69) is 15.3 Å². The Kier molecular flexibility index (Phi) is 7.45. The molecule has 9 heteroatoms. The van der Waals surface area contributed by atoms with E-state index >= 15 is 0 Å². The molecule has 0 unspecified atom stereocenters. The van der Waals surface area contributed by atoms with Gasteiger partial charge in [-0.3, -0.25) is 9.59 Å². The third-order valence-electron chi connectivity index (χ3n) is 4.13. The van der Waals surface area contributed by atoms with E-state index in [1.807, 2.05) is 12.1 Å². The quantitative estimate of drug-likeness (QED) is 0.315. The zero-order valence-corrected chi connectivity index (χ0v) is 17.8. The van der Waals surface area contributed by atoms with Gasteiger partial charge in [-0.15, -0.1) is 0 Å². The van der Waals surface area contributed by atoms with E-state index in [-0.39, 0.29) is 17.2 Å². The molecule has 0 radical (unpaired) electrons. The average Bonchev–Trinajstić information content (AvgIpc) is 2.78. The summed E-state index contributed by atoms with van der Waals surface area (Å²) in [6.07, 6.45) is 0. The van der Waals surface area contributed by atoms with Gasteiger partial charge in [0.15, 0.2) is 5.16 Å². The smallest absolute Gasteiger partial charge is 0.338 e. The number of thioether (sulfide) groups is 1. The van der Waals surface area contributed by atoms with Crippen molar-refractivity contribution in [2.24, 2.45) is 0 Å².